The van der Waals surface area contributed by atoms with Gasteiger partial charge in [0.15, 0.2) is 0 Å². The average Bonchev–Trinajstić information content (AvgIpc) is 2.66. The number of amides is 1. The minimum atomic E-state index is -0.606. The Balaban J connectivity index is 1.95. The maximum Gasteiger partial charge on any atom is 0.248 e. The van der Waals surface area contributed by atoms with E-state index in [9.17, 15) is 9.18 Å². The molecule has 1 heterocycles. The first kappa shape index (κ1) is 12.8. The number of carbonyl (C=O) groups excluding carboxylic acids is 1. The van der Waals surface area contributed by atoms with Crippen molar-refractivity contribution in [3.63, 3.8) is 0 Å². The van der Waals surface area contributed by atoms with Crippen LogP contribution in [0.1, 0.15) is 22.7 Å². The third-order valence-electron chi connectivity index (χ3n) is 3.59. The number of carbonyl (C=O) groups is 1. The van der Waals surface area contributed by atoms with Gasteiger partial charge in [0.2, 0.25) is 5.91 Å². The van der Waals surface area contributed by atoms with E-state index in [1.54, 1.807) is 17.0 Å². The van der Waals surface area contributed by atoms with Gasteiger partial charge in [-0.15, -0.1) is 0 Å². The molecule has 0 bridgehead atoms. The van der Waals surface area contributed by atoms with Gasteiger partial charge in [0.25, 0.3) is 0 Å². The van der Waals surface area contributed by atoms with Crippen LogP contribution in [0.2, 0.25) is 0 Å². The van der Waals surface area contributed by atoms with Crippen LogP contribution in [0.3, 0.4) is 0 Å². The molecule has 3 rings (SSSR count). The van der Waals surface area contributed by atoms with Crippen LogP contribution in [0.5, 0.6) is 0 Å². The molecule has 1 atom stereocenters. The molecular weight excluding hydrogens is 255 g/mol. The van der Waals surface area contributed by atoms with E-state index in [-0.39, 0.29) is 11.7 Å². The van der Waals surface area contributed by atoms with Gasteiger partial charge in [-0.1, -0.05) is 29.8 Å². The molecule has 2 aromatic carbocycles. The van der Waals surface area contributed by atoms with E-state index >= 15 is 0 Å². The third-order valence-corrected chi connectivity index (χ3v) is 3.59. The van der Waals surface area contributed by atoms with Crippen molar-refractivity contribution in [1.82, 2.24) is 0 Å². The Morgan fingerprint density at radius 2 is 1.90 bits per heavy atom. The highest BCUT2D eigenvalue weighted by Crippen LogP contribution is 2.36. The first-order chi connectivity index (χ1) is 9.56. The van der Waals surface area contributed by atoms with Gasteiger partial charge >= 0.3 is 0 Å². The van der Waals surface area contributed by atoms with Crippen LogP contribution in [-0.4, -0.2) is 5.91 Å². The van der Waals surface area contributed by atoms with E-state index in [2.05, 4.69) is 0 Å². The zero-order chi connectivity index (χ0) is 14.3. The Hall–Kier alpha value is -2.20. The van der Waals surface area contributed by atoms with Crippen LogP contribution in [0.4, 0.5) is 10.1 Å². The topological polar surface area (TPSA) is 46.3 Å². The highest BCUT2D eigenvalue weighted by Gasteiger charge is 2.34. The Labute approximate surface area is 116 Å². The summed E-state index contributed by atoms with van der Waals surface area (Å²) >= 11 is 0. The second kappa shape index (κ2) is 4.72. The molecule has 20 heavy (non-hydrogen) atoms. The lowest BCUT2D eigenvalue weighted by Gasteiger charge is -2.17. The summed E-state index contributed by atoms with van der Waals surface area (Å²) in [7, 11) is 0. The maximum absolute atomic E-state index is 12.9. The molecule has 2 aromatic rings. The first-order valence-corrected chi connectivity index (χ1v) is 6.48. The van der Waals surface area contributed by atoms with Gasteiger partial charge in [0.1, 0.15) is 11.9 Å². The minimum absolute atomic E-state index is 0.116. The number of anilines is 1. The molecule has 0 aromatic heterocycles. The molecule has 1 amide bonds. The van der Waals surface area contributed by atoms with Crippen LogP contribution in [0.15, 0.2) is 42.5 Å². The fourth-order valence-corrected chi connectivity index (χ4v) is 2.52. The fraction of sp³-hybridized carbons (Fsp3) is 0.188. The van der Waals surface area contributed by atoms with E-state index in [1.165, 1.54) is 12.1 Å². The fourth-order valence-electron chi connectivity index (χ4n) is 2.52. The number of rotatable bonds is 2. The van der Waals surface area contributed by atoms with Gasteiger partial charge in [-0.2, -0.15) is 0 Å². The number of nitrogens with zero attached hydrogens (tertiary/aromatic N) is 1. The zero-order valence-corrected chi connectivity index (χ0v) is 11.1. The second-order valence-electron chi connectivity index (χ2n) is 5.09. The van der Waals surface area contributed by atoms with E-state index in [4.69, 9.17) is 5.73 Å². The molecule has 1 aliphatic heterocycles. The van der Waals surface area contributed by atoms with E-state index < -0.39 is 6.04 Å². The molecular formula is C16H15FN2O. The van der Waals surface area contributed by atoms with Crippen LogP contribution in [0, 0.1) is 12.7 Å². The van der Waals surface area contributed by atoms with Crippen molar-refractivity contribution in [2.45, 2.75) is 19.5 Å². The number of halogens is 1. The first-order valence-electron chi connectivity index (χ1n) is 6.48. The van der Waals surface area contributed by atoms with Crippen molar-refractivity contribution < 1.29 is 9.18 Å². The lowest BCUT2D eigenvalue weighted by atomic mass is 10.1. The molecule has 0 saturated carbocycles. The molecule has 0 saturated heterocycles. The standard InChI is InChI=1S/C16H15FN2O/c1-10-2-7-14-13(8-10)15(18)16(20)19(14)9-11-3-5-12(17)6-4-11/h2-8,15H,9,18H2,1H3. The summed E-state index contributed by atoms with van der Waals surface area (Å²) in [5.74, 6) is -0.399. The van der Waals surface area contributed by atoms with E-state index in [1.807, 2.05) is 25.1 Å². The third kappa shape index (κ3) is 2.08. The molecule has 1 unspecified atom stereocenters. The summed E-state index contributed by atoms with van der Waals surface area (Å²) < 4.78 is 12.9. The minimum Gasteiger partial charge on any atom is -0.316 e. The average molecular weight is 270 g/mol. The molecule has 2 N–H and O–H groups in total. The molecule has 102 valence electrons. The summed E-state index contributed by atoms with van der Waals surface area (Å²) in [6.45, 7) is 2.38. The number of aryl methyl sites for hydroxylation is 1. The number of fused-ring (bicyclic) bond motifs is 1. The van der Waals surface area contributed by atoms with Crippen LogP contribution >= 0.6 is 0 Å². The number of nitrogens with two attached hydrogens (primary N) is 1. The molecule has 0 radical (unpaired) electrons. The maximum atomic E-state index is 12.9. The smallest absolute Gasteiger partial charge is 0.248 e. The van der Waals surface area contributed by atoms with Gasteiger partial charge in [0.05, 0.1) is 6.54 Å². The Kier molecular flexibility index (Phi) is 3.03. The van der Waals surface area contributed by atoms with Crippen molar-refractivity contribution in [2.24, 2.45) is 5.73 Å². The number of benzene rings is 2. The van der Waals surface area contributed by atoms with E-state index in [0.29, 0.717) is 6.54 Å². The lowest BCUT2D eigenvalue weighted by molar-refractivity contribution is -0.119. The predicted octanol–water partition coefficient (Wildman–Crippen LogP) is 2.68. The largest absolute Gasteiger partial charge is 0.316 e. The van der Waals surface area contributed by atoms with Gasteiger partial charge < -0.3 is 10.6 Å². The van der Waals surface area contributed by atoms with Crippen LogP contribution in [-0.2, 0) is 11.3 Å². The van der Waals surface area contributed by atoms with Crippen molar-refractivity contribution >= 4 is 11.6 Å². The van der Waals surface area contributed by atoms with Gasteiger partial charge in [-0.25, -0.2) is 4.39 Å². The lowest BCUT2D eigenvalue weighted by Crippen LogP contribution is -2.31. The summed E-state index contributed by atoms with van der Waals surface area (Å²) in [5.41, 5.74) is 9.63. The molecule has 0 aliphatic carbocycles. The van der Waals surface area contributed by atoms with Crippen molar-refractivity contribution in [1.29, 1.82) is 0 Å². The molecule has 1 aliphatic rings. The summed E-state index contributed by atoms with van der Waals surface area (Å²) in [6.07, 6.45) is 0. The summed E-state index contributed by atoms with van der Waals surface area (Å²) in [6, 6.07) is 11.4. The highest BCUT2D eigenvalue weighted by molar-refractivity contribution is 6.04. The van der Waals surface area contributed by atoms with Crippen molar-refractivity contribution in [2.75, 3.05) is 4.90 Å². The zero-order valence-electron chi connectivity index (χ0n) is 11.1. The predicted molar refractivity (Wildman–Crippen MR) is 75.7 cm³/mol. The highest BCUT2D eigenvalue weighted by atomic mass is 19.1. The van der Waals surface area contributed by atoms with E-state index in [0.717, 1.165) is 22.4 Å². The van der Waals surface area contributed by atoms with Crippen LogP contribution < -0.4 is 10.6 Å². The molecule has 0 fully saturated rings. The van der Waals surface area contributed by atoms with Gasteiger partial charge in [-0.05, 0) is 30.7 Å². The van der Waals surface area contributed by atoms with Crippen molar-refractivity contribution in [3.05, 3.63) is 65.0 Å². The summed E-state index contributed by atoms with van der Waals surface area (Å²) in [4.78, 5) is 13.9. The normalized spacial score (nSPS) is 17.4. The van der Waals surface area contributed by atoms with Crippen molar-refractivity contribution in [3.8, 4) is 0 Å². The Morgan fingerprint density at radius 3 is 2.60 bits per heavy atom. The molecule has 3 nitrogen and oxygen atoms in total. The van der Waals surface area contributed by atoms with Crippen LogP contribution in [0.25, 0.3) is 0 Å². The molecule has 4 heteroatoms. The SMILES string of the molecule is Cc1ccc2c(c1)C(N)C(=O)N2Cc1ccc(F)cc1. The quantitative estimate of drug-likeness (QED) is 0.912. The molecule has 0 spiro atoms. The number of hydrogen-bond donors (Lipinski definition) is 1. The Bertz CT molecular complexity index is 667. The van der Waals surface area contributed by atoms with Gasteiger partial charge in [-0.3, -0.25) is 4.79 Å². The number of hydrogen-bond acceptors (Lipinski definition) is 2. The monoisotopic (exact) mass is 270 g/mol. The van der Waals surface area contributed by atoms with Gasteiger partial charge in [0, 0.05) is 11.3 Å². The second-order valence-corrected chi connectivity index (χ2v) is 5.09. The summed E-state index contributed by atoms with van der Waals surface area (Å²) in [5, 5.41) is 0. The Morgan fingerprint density at radius 1 is 1.20 bits per heavy atom.